The zero-order valence-corrected chi connectivity index (χ0v) is 11.8. The third-order valence-corrected chi connectivity index (χ3v) is 3.18. The van der Waals surface area contributed by atoms with E-state index in [1.54, 1.807) is 13.1 Å². The Bertz CT molecular complexity index is 875. The van der Waals surface area contributed by atoms with Gasteiger partial charge in [0.1, 0.15) is 0 Å². The molecule has 0 aliphatic heterocycles. The number of nitrogens with one attached hydrogen (secondary N) is 3. The average Bonchev–Trinajstić information content (AvgIpc) is 2.74. The molecule has 0 bridgehead atoms. The fourth-order valence-electron chi connectivity index (χ4n) is 2.25. The van der Waals surface area contributed by atoms with E-state index in [0.717, 1.165) is 22.2 Å². The Morgan fingerprint density at radius 2 is 2.05 bits per heavy atom. The van der Waals surface area contributed by atoms with Crippen molar-refractivity contribution in [1.82, 2.24) is 15.0 Å². The summed E-state index contributed by atoms with van der Waals surface area (Å²) in [6, 6.07) is 9.46. The van der Waals surface area contributed by atoms with Gasteiger partial charge >= 0.3 is 0 Å². The summed E-state index contributed by atoms with van der Waals surface area (Å²) in [7, 11) is 0. The Morgan fingerprint density at radius 1 is 1.24 bits per heavy atom. The molecule has 0 amide bonds. The van der Waals surface area contributed by atoms with Crippen molar-refractivity contribution >= 4 is 23.1 Å². The first-order chi connectivity index (χ1) is 10.1. The SMILES string of the molecule is Cc1cc(=O)[nH]c(N/N=C/c2c(C)[nH]c3ccccc23)n1. The molecule has 0 spiro atoms. The van der Waals surface area contributed by atoms with E-state index < -0.39 is 0 Å². The molecule has 2 aromatic heterocycles. The topological polar surface area (TPSA) is 85.9 Å². The second-order valence-corrected chi connectivity index (χ2v) is 4.81. The standard InChI is InChI=1S/C15H15N5O/c1-9-7-14(21)19-15(17-9)20-16-8-12-10(2)18-13-6-4-3-5-11(12)13/h3-8,18H,1-2H3,(H2,17,19,20,21)/b16-8+. The minimum atomic E-state index is -0.205. The maximum atomic E-state index is 11.3. The van der Waals surface area contributed by atoms with Crippen molar-refractivity contribution in [2.45, 2.75) is 13.8 Å². The first-order valence-electron chi connectivity index (χ1n) is 6.58. The minimum Gasteiger partial charge on any atom is -0.358 e. The monoisotopic (exact) mass is 281 g/mol. The lowest BCUT2D eigenvalue weighted by atomic mass is 10.1. The number of aromatic nitrogens is 3. The summed E-state index contributed by atoms with van der Waals surface area (Å²) in [6.07, 6.45) is 1.72. The van der Waals surface area contributed by atoms with Crippen molar-refractivity contribution in [2.75, 3.05) is 5.43 Å². The van der Waals surface area contributed by atoms with Crippen LogP contribution >= 0.6 is 0 Å². The van der Waals surface area contributed by atoms with E-state index in [-0.39, 0.29) is 5.56 Å². The molecule has 3 aromatic rings. The van der Waals surface area contributed by atoms with Gasteiger partial charge in [-0.2, -0.15) is 5.10 Å². The number of H-pyrrole nitrogens is 2. The Morgan fingerprint density at radius 3 is 2.86 bits per heavy atom. The van der Waals surface area contributed by atoms with Gasteiger partial charge in [0.2, 0.25) is 5.95 Å². The second kappa shape index (κ2) is 5.24. The molecule has 3 rings (SSSR count). The lowest BCUT2D eigenvalue weighted by Gasteiger charge is -1.99. The smallest absolute Gasteiger partial charge is 0.252 e. The quantitative estimate of drug-likeness (QED) is 0.508. The highest BCUT2D eigenvalue weighted by Crippen LogP contribution is 2.19. The largest absolute Gasteiger partial charge is 0.358 e. The van der Waals surface area contributed by atoms with Crippen molar-refractivity contribution in [1.29, 1.82) is 0 Å². The molecule has 0 fully saturated rings. The van der Waals surface area contributed by atoms with Gasteiger partial charge in [-0.3, -0.25) is 9.78 Å². The van der Waals surface area contributed by atoms with Gasteiger partial charge in [0.05, 0.1) is 6.21 Å². The molecule has 0 aliphatic carbocycles. The molecule has 0 aliphatic rings. The van der Waals surface area contributed by atoms with E-state index in [1.807, 2.05) is 31.2 Å². The van der Waals surface area contributed by atoms with E-state index >= 15 is 0 Å². The predicted molar refractivity (Wildman–Crippen MR) is 83.8 cm³/mol. The highest BCUT2D eigenvalue weighted by Gasteiger charge is 2.05. The number of anilines is 1. The van der Waals surface area contributed by atoms with Crippen LogP contribution in [0.5, 0.6) is 0 Å². The van der Waals surface area contributed by atoms with Gasteiger partial charge in [-0.05, 0) is 19.9 Å². The number of hydrazone groups is 1. The molecule has 3 N–H and O–H groups in total. The maximum absolute atomic E-state index is 11.3. The van der Waals surface area contributed by atoms with Crippen molar-refractivity contribution in [3.63, 3.8) is 0 Å². The number of aromatic amines is 2. The minimum absolute atomic E-state index is 0.205. The number of benzene rings is 1. The van der Waals surface area contributed by atoms with Crippen molar-refractivity contribution in [3.8, 4) is 0 Å². The van der Waals surface area contributed by atoms with Crippen LogP contribution in [0.3, 0.4) is 0 Å². The molecule has 0 unspecified atom stereocenters. The Labute approximate surface area is 120 Å². The van der Waals surface area contributed by atoms with Crippen LogP contribution in [0.1, 0.15) is 17.0 Å². The molecule has 0 saturated heterocycles. The fraction of sp³-hybridized carbons (Fsp3) is 0.133. The second-order valence-electron chi connectivity index (χ2n) is 4.81. The van der Waals surface area contributed by atoms with Crippen molar-refractivity contribution in [3.05, 3.63) is 57.6 Å². The summed E-state index contributed by atoms with van der Waals surface area (Å²) < 4.78 is 0. The molecule has 2 heterocycles. The zero-order chi connectivity index (χ0) is 14.8. The molecule has 1 aromatic carbocycles. The third kappa shape index (κ3) is 2.69. The zero-order valence-electron chi connectivity index (χ0n) is 11.8. The summed E-state index contributed by atoms with van der Waals surface area (Å²) in [4.78, 5) is 21.4. The molecule has 6 nitrogen and oxygen atoms in total. The number of rotatable bonds is 3. The van der Waals surface area contributed by atoms with Gasteiger partial charge in [0.15, 0.2) is 0 Å². The summed E-state index contributed by atoms with van der Waals surface area (Å²) in [5.74, 6) is 0.328. The number of hydrogen-bond acceptors (Lipinski definition) is 4. The first kappa shape index (κ1) is 13.1. The van der Waals surface area contributed by atoms with Crippen LogP contribution in [0.15, 0.2) is 40.2 Å². The number of hydrogen-bond donors (Lipinski definition) is 3. The summed E-state index contributed by atoms with van der Waals surface area (Å²) >= 11 is 0. The Kier molecular flexibility index (Phi) is 3.27. The Hall–Kier alpha value is -2.89. The van der Waals surface area contributed by atoms with Crippen LogP contribution in [0.25, 0.3) is 10.9 Å². The molecule has 6 heteroatoms. The van der Waals surface area contributed by atoms with Crippen molar-refractivity contribution < 1.29 is 0 Å². The molecule has 106 valence electrons. The van der Waals surface area contributed by atoms with Crippen LogP contribution in [-0.2, 0) is 0 Å². The lowest BCUT2D eigenvalue weighted by molar-refractivity contribution is 1.04. The van der Waals surface area contributed by atoms with Gasteiger partial charge in [-0.15, -0.1) is 0 Å². The molecule has 0 saturated carbocycles. The maximum Gasteiger partial charge on any atom is 0.252 e. The molecular formula is C15H15N5O. The normalized spacial score (nSPS) is 11.3. The predicted octanol–water partition coefficient (Wildman–Crippen LogP) is 2.31. The van der Waals surface area contributed by atoms with Crippen LogP contribution < -0.4 is 11.0 Å². The molecule has 0 radical (unpaired) electrons. The van der Waals surface area contributed by atoms with Crippen LogP contribution in [-0.4, -0.2) is 21.2 Å². The first-order valence-corrected chi connectivity index (χ1v) is 6.58. The summed E-state index contributed by atoms with van der Waals surface area (Å²) in [6.45, 7) is 3.75. The van der Waals surface area contributed by atoms with Gasteiger partial charge in [0, 0.05) is 33.9 Å². The third-order valence-electron chi connectivity index (χ3n) is 3.18. The van der Waals surface area contributed by atoms with Gasteiger partial charge in [-0.1, -0.05) is 18.2 Å². The van der Waals surface area contributed by atoms with Gasteiger partial charge < -0.3 is 4.98 Å². The van der Waals surface area contributed by atoms with Gasteiger partial charge in [-0.25, -0.2) is 10.4 Å². The Balaban J connectivity index is 1.88. The van der Waals surface area contributed by atoms with E-state index in [2.05, 4.69) is 25.5 Å². The summed E-state index contributed by atoms with van der Waals surface area (Å²) in [5, 5.41) is 5.25. The molecule has 0 atom stereocenters. The molecule has 21 heavy (non-hydrogen) atoms. The number of para-hydroxylation sites is 1. The van der Waals surface area contributed by atoms with E-state index in [1.165, 1.54) is 6.07 Å². The molecular weight excluding hydrogens is 266 g/mol. The van der Waals surface area contributed by atoms with Crippen molar-refractivity contribution in [2.24, 2.45) is 5.10 Å². The van der Waals surface area contributed by atoms with Crippen LogP contribution in [0, 0.1) is 13.8 Å². The number of aryl methyl sites for hydroxylation is 2. The highest BCUT2D eigenvalue weighted by atomic mass is 16.1. The van der Waals surface area contributed by atoms with Crippen LogP contribution in [0.2, 0.25) is 0 Å². The average molecular weight is 281 g/mol. The van der Waals surface area contributed by atoms with E-state index in [0.29, 0.717) is 11.6 Å². The van der Waals surface area contributed by atoms with Gasteiger partial charge in [0.25, 0.3) is 5.56 Å². The van der Waals surface area contributed by atoms with E-state index in [4.69, 9.17) is 0 Å². The summed E-state index contributed by atoms with van der Waals surface area (Å²) in [5.41, 5.74) is 6.29. The van der Waals surface area contributed by atoms with Crippen LogP contribution in [0.4, 0.5) is 5.95 Å². The fourth-order valence-corrected chi connectivity index (χ4v) is 2.25. The number of nitrogens with zero attached hydrogens (tertiary/aromatic N) is 2. The van der Waals surface area contributed by atoms with E-state index in [9.17, 15) is 4.79 Å². The number of fused-ring (bicyclic) bond motifs is 1. The highest BCUT2D eigenvalue weighted by molar-refractivity contribution is 6.00. The lowest BCUT2D eigenvalue weighted by Crippen LogP contribution is -2.10.